The maximum atomic E-state index is 2.36. The molecule has 0 aromatic heterocycles. The lowest BCUT2D eigenvalue weighted by molar-refractivity contribution is 0.611. The summed E-state index contributed by atoms with van der Waals surface area (Å²) in [4.78, 5) is 0. The van der Waals surface area contributed by atoms with Crippen molar-refractivity contribution in [2.24, 2.45) is 0 Å². The Balaban J connectivity index is 3.12. The fraction of sp³-hybridized carbons (Fsp3) is 0.778. The van der Waals surface area contributed by atoms with E-state index in [2.05, 4.69) is 39.1 Å². The molecule has 0 bridgehead atoms. The van der Waals surface area contributed by atoms with Crippen LogP contribution in [-0.4, -0.2) is 7.85 Å². The van der Waals surface area contributed by atoms with E-state index in [0.717, 1.165) is 6.42 Å². The van der Waals surface area contributed by atoms with Crippen LogP contribution in [0.5, 0.6) is 0 Å². The van der Waals surface area contributed by atoms with Gasteiger partial charge in [-0.25, -0.2) is 0 Å². The lowest BCUT2D eigenvalue weighted by atomic mass is 9.98. The van der Waals surface area contributed by atoms with Crippen molar-refractivity contribution in [3.05, 3.63) is 24.3 Å². The van der Waals surface area contributed by atoms with Crippen molar-refractivity contribution in [1.29, 1.82) is 0 Å². The zero-order valence-corrected chi connectivity index (χ0v) is 13.5. The van der Waals surface area contributed by atoms with E-state index >= 15 is 0 Å². The van der Waals surface area contributed by atoms with Crippen molar-refractivity contribution in [3.63, 3.8) is 0 Å². The second-order valence-electron chi connectivity index (χ2n) is 5.58. The normalized spacial score (nSPS) is 11.8. The molecule has 0 aromatic rings. The first-order chi connectivity index (χ1) is 9.41. The van der Waals surface area contributed by atoms with Crippen LogP contribution in [0.4, 0.5) is 0 Å². The highest BCUT2D eigenvalue weighted by atomic mass is 13.9. The lowest BCUT2D eigenvalue weighted by Gasteiger charge is -1.98. The van der Waals surface area contributed by atoms with Gasteiger partial charge in [0.15, 0.2) is 0 Å². The summed E-state index contributed by atoms with van der Waals surface area (Å²) in [5.41, 5.74) is 0. The maximum absolute atomic E-state index is 2.36. The number of hydrogen-bond acceptors (Lipinski definition) is 0. The van der Waals surface area contributed by atoms with Crippen LogP contribution in [0.1, 0.15) is 84.0 Å². The van der Waals surface area contributed by atoms with Crippen LogP contribution in [0.2, 0.25) is 6.32 Å². The Bertz CT molecular complexity index is 206. The molecular weight excluding hydrogens is 227 g/mol. The van der Waals surface area contributed by atoms with E-state index < -0.39 is 0 Å². The highest BCUT2D eigenvalue weighted by Crippen LogP contribution is 2.08. The zero-order chi connectivity index (χ0) is 14.0. The molecule has 0 amide bonds. The first kappa shape index (κ1) is 18.5. The van der Waals surface area contributed by atoms with Crippen molar-refractivity contribution >= 4 is 7.85 Å². The van der Waals surface area contributed by atoms with Crippen LogP contribution in [0, 0.1) is 0 Å². The molecule has 0 unspecified atom stereocenters. The van der Waals surface area contributed by atoms with E-state index in [9.17, 15) is 0 Å². The monoisotopic (exact) mass is 262 g/mol. The molecule has 0 radical (unpaired) electrons. The highest BCUT2D eigenvalue weighted by molar-refractivity contribution is 6.08. The predicted octanol–water partition coefficient (Wildman–Crippen LogP) is 5.85. The largest absolute Gasteiger partial charge is 0.101 e. The van der Waals surface area contributed by atoms with Gasteiger partial charge in [-0.15, -0.1) is 0 Å². The molecule has 0 aromatic carbocycles. The third-order valence-electron chi connectivity index (χ3n) is 3.55. The first-order valence-corrected chi connectivity index (χ1v) is 8.71. The third kappa shape index (κ3) is 17.5. The Hall–Kier alpha value is -0.455. The second-order valence-corrected chi connectivity index (χ2v) is 5.58. The smallest absolute Gasteiger partial charge is 0.0882 e. The maximum Gasteiger partial charge on any atom is 0.101 e. The van der Waals surface area contributed by atoms with Crippen molar-refractivity contribution in [2.75, 3.05) is 0 Å². The van der Waals surface area contributed by atoms with Crippen LogP contribution in [-0.2, 0) is 0 Å². The fourth-order valence-electron chi connectivity index (χ4n) is 2.24. The van der Waals surface area contributed by atoms with E-state index in [1.807, 2.05) is 0 Å². The predicted molar refractivity (Wildman–Crippen MR) is 92.7 cm³/mol. The third-order valence-corrected chi connectivity index (χ3v) is 3.55. The van der Waals surface area contributed by atoms with Gasteiger partial charge >= 0.3 is 0 Å². The van der Waals surface area contributed by atoms with E-state index in [1.165, 1.54) is 76.9 Å². The number of rotatable bonds is 14. The van der Waals surface area contributed by atoms with Gasteiger partial charge in [-0.3, -0.25) is 0 Å². The summed E-state index contributed by atoms with van der Waals surface area (Å²) in [6, 6.07) is 0. The fourth-order valence-corrected chi connectivity index (χ4v) is 2.24. The summed E-state index contributed by atoms with van der Waals surface area (Å²) in [7, 11) is 2.28. The molecule has 0 nitrogen and oxygen atoms in total. The molecule has 19 heavy (non-hydrogen) atoms. The average Bonchev–Trinajstić information content (AvgIpc) is 2.43. The Labute approximate surface area is 123 Å². The van der Waals surface area contributed by atoms with Gasteiger partial charge in [0, 0.05) is 0 Å². The molecule has 0 aliphatic heterocycles. The van der Waals surface area contributed by atoms with Gasteiger partial charge in [0.25, 0.3) is 0 Å². The summed E-state index contributed by atoms with van der Waals surface area (Å²) < 4.78 is 0. The Kier molecular flexibility index (Phi) is 17.1. The summed E-state index contributed by atoms with van der Waals surface area (Å²) in [5.74, 6) is 0. The Morgan fingerprint density at radius 1 is 0.632 bits per heavy atom. The van der Waals surface area contributed by atoms with Crippen molar-refractivity contribution < 1.29 is 0 Å². The van der Waals surface area contributed by atoms with E-state index in [-0.39, 0.29) is 0 Å². The minimum absolute atomic E-state index is 1.13. The van der Waals surface area contributed by atoms with Gasteiger partial charge in [0.05, 0.1) is 0 Å². The summed E-state index contributed by atoms with van der Waals surface area (Å²) in [5, 5.41) is 0. The van der Waals surface area contributed by atoms with Crippen LogP contribution >= 0.6 is 0 Å². The number of hydrogen-bond donors (Lipinski definition) is 0. The Morgan fingerprint density at radius 3 is 1.74 bits per heavy atom. The quantitative estimate of drug-likeness (QED) is 0.209. The van der Waals surface area contributed by atoms with Gasteiger partial charge in [-0.1, -0.05) is 82.5 Å². The number of allylic oxidation sites excluding steroid dienone is 4. The molecule has 0 aliphatic carbocycles. The van der Waals surface area contributed by atoms with Crippen LogP contribution in [0.3, 0.4) is 0 Å². The molecular formula is C18H35B. The molecule has 110 valence electrons. The summed E-state index contributed by atoms with van der Waals surface area (Å²) >= 11 is 0. The lowest BCUT2D eigenvalue weighted by Crippen LogP contribution is -1.79. The van der Waals surface area contributed by atoms with Gasteiger partial charge in [-0.05, 0) is 32.1 Å². The summed E-state index contributed by atoms with van der Waals surface area (Å²) in [6.07, 6.45) is 27.0. The molecule has 0 atom stereocenters. The second kappa shape index (κ2) is 17.5. The minimum Gasteiger partial charge on any atom is -0.0882 e. The molecule has 0 spiro atoms. The SMILES string of the molecule is BCCCCCCCC/C=C\C/C=C\CCCCC. The number of unbranched alkanes of at least 4 members (excludes halogenated alkanes) is 9. The van der Waals surface area contributed by atoms with E-state index in [0.29, 0.717) is 0 Å². The molecule has 0 saturated heterocycles. The standard InChI is InChI=1S/C18H35B/c1-2-3-4-5-6-7-8-9-10-11-12-13-14-15-16-17-18-19/h6-7,9-10H,2-5,8,11-19H2,1H3/b7-6-,10-9-. The van der Waals surface area contributed by atoms with Crippen molar-refractivity contribution in [1.82, 2.24) is 0 Å². The minimum atomic E-state index is 1.13. The van der Waals surface area contributed by atoms with E-state index in [4.69, 9.17) is 0 Å². The molecule has 0 aliphatic rings. The van der Waals surface area contributed by atoms with Crippen LogP contribution in [0.25, 0.3) is 0 Å². The van der Waals surface area contributed by atoms with Gasteiger partial charge in [0.1, 0.15) is 7.85 Å². The highest BCUT2D eigenvalue weighted by Gasteiger charge is 1.89. The summed E-state index contributed by atoms with van der Waals surface area (Å²) in [6.45, 7) is 2.26. The molecule has 0 N–H and O–H groups in total. The Morgan fingerprint density at radius 2 is 1.16 bits per heavy atom. The molecule has 0 fully saturated rings. The molecule has 0 rings (SSSR count). The van der Waals surface area contributed by atoms with Crippen LogP contribution < -0.4 is 0 Å². The molecule has 0 heterocycles. The van der Waals surface area contributed by atoms with Crippen molar-refractivity contribution in [2.45, 2.75) is 90.3 Å². The van der Waals surface area contributed by atoms with Crippen LogP contribution in [0.15, 0.2) is 24.3 Å². The van der Waals surface area contributed by atoms with Gasteiger partial charge < -0.3 is 0 Å². The first-order valence-electron chi connectivity index (χ1n) is 8.71. The molecule has 0 saturated carbocycles. The average molecular weight is 262 g/mol. The van der Waals surface area contributed by atoms with Gasteiger partial charge in [-0.2, -0.15) is 0 Å². The topological polar surface area (TPSA) is 0 Å². The zero-order valence-electron chi connectivity index (χ0n) is 13.5. The van der Waals surface area contributed by atoms with Crippen molar-refractivity contribution in [3.8, 4) is 0 Å². The van der Waals surface area contributed by atoms with E-state index in [1.54, 1.807) is 0 Å². The molecule has 1 heteroatoms. The van der Waals surface area contributed by atoms with Gasteiger partial charge in [0.2, 0.25) is 0 Å².